The molecule has 2 rings (SSSR count). The highest BCUT2D eigenvalue weighted by Gasteiger charge is 2.29. The highest BCUT2D eigenvalue weighted by molar-refractivity contribution is 6.64. The minimum atomic E-state index is -0.279. The largest absolute Gasteiger partial charge is 0.350 e. The summed E-state index contributed by atoms with van der Waals surface area (Å²) in [6, 6.07) is 14.4. The molecule has 0 aliphatic heterocycles. The van der Waals surface area contributed by atoms with Gasteiger partial charge in [-0.2, -0.15) is 0 Å². The van der Waals surface area contributed by atoms with Crippen LogP contribution in [0.4, 0.5) is 0 Å². The van der Waals surface area contributed by atoms with E-state index in [-0.39, 0.29) is 10.8 Å². The molecule has 0 saturated carbocycles. The van der Waals surface area contributed by atoms with Gasteiger partial charge in [0.1, 0.15) is 5.84 Å². The molecule has 0 bridgehead atoms. The van der Waals surface area contributed by atoms with Gasteiger partial charge in [0.25, 0.3) is 0 Å². The third-order valence-corrected chi connectivity index (χ3v) is 5.18. The van der Waals surface area contributed by atoms with Crippen LogP contribution in [0.15, 0.2) is 84.4 Å². The molecule has 4 heteroatoms. The van der Waals surface area contributed by atoms with Crippen molar-refractivity contribution in [3.05, 3.63) is 85.0 Å². The minimum absolute atomic E-state index is 0.228. The lowest BCUT2D eigenvalue weighted by Crippen LogP contribution is -2.46. The fraction of sp³-hybridized carbons (Fsp3) is 0.280. The van der Waals surface area contributed by atoms with Crippen LogP contribution in [0.3, 0.4) is 0 Å². The number of hydrogen-bond donors (Lipinski definition) is 1. The molecule has 29 heavy (non-hydrogen) atoms. The lowest BCUT2D eigenvalue weighted by atomic mass is 9.91. The summed E-state index contributed by atoms with van der Waals surface area (Å²) in [7, 11) is 2.02. The Kier molecular flexibility index (Phi) is 8.41. The van der Waals surface area contributed by atoms with E-state index in [1.165, 1.54) is 5.39 Å². The molecule has 3 nitrogen and oxygen atoms in total. The summed E-state index contributed by atoms with van der Waals surface area (Å²) in [5, 5.41) is 9.85. The van der Waals surface area contributed by atoms with Gasteiger partial charge in [0.05, 0.1) is 5.54 Å². The van der Waals surface area contributed by atoms with Gasteiger partial charge in [-0.3, -0.25) is 5.41 Å². The number of nitrogens with one attached hydrogen (secondary N) is 1. The molecule has 0 radical (unpaired) electrons. The first-order valence-electron chi connectivity index (χ1n) is 9.92. The molecule has 1 N–H and O–H groups in total. The summed E-state index contributed by atoms with van der Waals surface area (Å²) >= 11 is 5.91. The molecule has 0 spiro atoms. The van der Waals surface area contributed by atoms with Crippen LogP contribution in [0, 0.1) is 5.41 Å². The van der Waals surface area contributed by atoms with Gasteiger partial charge in [-0.05, 0) is 54.6 Å². The Morgan fingerprint density at radius 1 is 1.21 bits per heavy atom. The van der Waals surface area contributed by atoms with E-state index >= 15 is 0 Å². The van der Waals surface area contributed by atoms with Crippen molar-refractivity contribution in [1.29, 1.82) is 5.41 Å². The van der Waals surface area contributed by atoms with Gasteiger partial charge in [-0.1, -0.05) is 80.3 Å². The number of allylic oxidation sites excluding steroid dienone is 4. The van der Waals surface area contributed by atoms with Crippen molar-refractivity contribution in [3.8, 4) is 0 Å². The van der Waals surface area contributed by atoms with Crippen molar-refractivity contribution >= 4 is 33.5 Å². The summed E-state index contributed by atoms with van der Waals surface area (Å²) in [5.74, 6) is 0.687. The number of rotatable bonds is 8. The van der Waals surface area contributed by atoms with Crippen LogP contribution in [0.2, 0.25) is 0 Å². The van der Waals surface area contributed by atoms with E-state index in [4.69, 9.17) is 17.0 Å². The second-order valence-corrected chi connectivity index (χ2v) is 7.58. The predicted molar refractivity (Wildman–Crippen MR) is 128 cm³/mol. The topological polar surface area (TPSA) is 39.5 Å². The number of halogens is 1. The average Bonchev–Trinajstić information content (AvgIpc) is 2.72. The summed E-state index contributed by atoms with van der Waals surface area (Å²) in [4.78, 5) is 6.52. The van der Waals surface area contributed by atoms with Gasteiger partial charge in [0.15, 0.2) is 0 Å². The molecule has 0 aliphatic carbocycles. The lowest BCUT2D eigenvalue weighted by Gasteiger charge is -2.39. The van der Waals surface area contributed by atoms with Crippen molar-refractivity contribution < 1.29 is 0 Å². The molecular weight excluding hydrogens is 378 g/mol. The first-order valence-corrected chi connectivity index (χ1v) is 10.3. The minimum Gasteiger partial charge on any atom is -0.350 e. The van der Waals surface area contributed by atoms with E-state index < -0.39 is 0 Å². The van der Waals surface area contributed by atoms with Crippen LogP contribution in [0.5, 0.6) is 0 Å². The third kappa shape index (κ3) is 6.16. The second kappa shape index (κ2) is 10.8. The Bertz CT molecular complexity index is 942. The third-order valence-electron chi connectivity index (χ3n) is 5.10. The zero-order valence-electron chi connectivity index (χ0n) is 17.5. The second-order valence-electron chi connectivity index (χ2n) is 7.22. The summed E-state index contributed by atoms with van der Waals surface area (Å²) in [6.45, 7) is 8.05. The maximum Gasteiger partial charge on any atom is 0.216 e. The Morgan fingerprint density at radius 2 is 1.93 bits per heavy atom. The number of nitrogens with zero attached hydrogens (tertiary/aromatic N) is 2. The van der Waals surface area contributed by atoms with Crippen molar-refractivity contribution in [2.24, 2.45) is 4.99 Å². The predicted octanol–water partition coefficient (Wildman–Crippen LogP) is 6.94. The van der Waals surface area contributed by atoms with Gasteiger partial charge >= 0.3 is 0 Å². The Labute approximate surface area is 179 Å². The van der Waals surface area contributed by atoms with Gasteiger partial charge in [-0.25, -0.2) is 4.99 Å². The molecule has 0 heterocycles. The zero-order valence-corrected chi connectivity index (χ0v) is 18.3. The number of aliphatic imine (C=N–C) groups is 1. The Balaban J connectivity index is 2.49. The van der Waals surface area contributed by atoms with E-state index in [1.807, 2.05) is 31.3 Å². The first-order chi connectivity index (χ1) is 13.9. The first kappa shape index (κ1) is 22.6. The molecule has 2 aromatic rings. The highest BCUT2D eigenvalue weighted by atomic mass is 35.5. The lowest BCUT2D eigenvalue weighted by molar-refractivity contribution is 0.277. The summed E-state index contributed by atoms with van der Waals surface area (Å²) in [5.41, 5.74) is 0.660. The molecule has 2 aromatic carbocycles. The van der Waals surface area contributed by atoms with Crippen molar-refractivity contribution in [3.63, 3.8) is 0 Å². The van der Waals surface area contributed by atoms with E-state index in [9.17, 15) is 0 Å². The Morgan fingerprint density at radius 3 is 2.59 bits per heavy atom. The van der Waals surface area contributed by atoms with Gasteiger partial charge in [0, 0.05) is 12.6 Å². The molecule has 152 valence electrons. The van der Waals surface area contributed by atoms with Crippen LogP contribution < -0.4 is 0 Å². The van der Waals surface area contributed by atoms with Gasteiger partial charge in [0.2, 0.25) is 5.29 Å². The average molecular weight is 408 g/mol. The molecular formula is C25H30ClN3. The standard InChI is InChI=1S/C25H30ClN3/c1-5-7-9-12-18-25(3,17-8-6-2)29(4)23(28-24(26)27)22-16-15-20-13-10-11-14-21(20)19-22/h5,7-11,13-17,19,27H,1,6,12,18H2,2-4H3/b9-7-,17-8-,27-24?,28-23?. The van der Waals surface area contributed by atoms with Crippen LogP contribution in [0.1, 0.15) is 38.7 Å². The molecule has 0 saturated heterocycles. The summed E-state index contributed by atoms with van der Waals surface area (Å²) in [6.07, 6.45) is 13.0. The maximum absolute atomic E-state index is 7.78. The van der Waals surface area contributed by atoms with Gasteiger partial charge in [-0.15, -0.1) is 0 Å². The molecule has 0 aliphatic rings. The van der Waals surface area contributed by atoms with E-state index in [1.54, 1.807) is 6.08 Å². The maximum atomic E-state index is 7.78. The van der Waals surface area contributed by atoms with Crippen LogP contribution in [-0.2, 0) is 0 Å². The van der Waals surface area contributed by atoms with Crippen LogP contribution in [0.25, 0.3) is 10.8 Å². The van der Waals surface area contributed by atoms with Crippen molar-refractivity contribution in [1.82, 2.24) is 4.90 Å². The molecule has 0 aromatic heterocycles. The zero-order chi connectivity index (χ0) is 21.3. The highest BCUT2D eigenvalue weighted by Crippen LogP contribution is 2.26. The smallest absolute Gasteiger partial charge is 0.216 e. The number of fused-ring (bicyclic) bond motifs is 1. The van der Waals surface area contributed by atoms with Crippen LogP contribution in [-0.4, -0.2) is 28.6 Å². The van der Waals surface area contributed by atoms with E-state index in [0.29, 0.717) is 5.84 Å². The molecule has 0 amide bonds. The molecule has 0 fully saturated rings. The van der Waals surface area contributed by atoms with Crippen molar-refractivity contribution in [2.45, 2.75) is 38.6 Å². The fourth-order valence-electron chi connectivity index (χ4n) is 3.30. The number of hydrogen-bond acceptors (Lipinski definition) is 1. The fourth-order valence-corrected chi connectivity index (χ4v) is 3.38. The molecule has 1 unspecified atom stereocenters. The normalized spacial score (nSPS) is 14.4. The Hall–Kier alpha value is -2.65. The number of benzene rings is 2. The van der Waals surface area contributed by atoms with E-state index in [0.717, 1.165) is 30.2 Å². The molecule has 1 atom stereocenters. The van der Waals surface area contributed by atoms with Crippen LogP contribution >= 0.6 is 11.6 Å². The van der Waals surface area contributed by atoms with E-state index in [2.05, 4.69) is 72.8 Å². The summed E-state index contributed by atoms with van der Waals surface area (Å²) < 4.78 is 0. The monoisotopic (exact) mass is 407 g/mol. The van der Waals surface area contributed by atoms with Gasteiger partial charge < -0.3 is 4.90 Å². The number of amidine groups is 2. The quantitative estimate of drug-likeness (QED) is 0.166. The SMILES string of the molecule is C=C/C=C\CCC(C)(/C=C\CC)N(C)C(=NC(=N)Cl)c1ccc2ccccc2c1. The van der Waals surface area contributed by atoms with Crippen molar-refractivity contribution in [2.75, 3.05) is 7.05 Å². The number of likely N-dealkylation sites (N-methyl/N-ethyl adjacent to an activating group) is 1.